The second-order valence-electron chi connectivity index (χ2n) is 4.81. The number of thiocyanates is 1. The average Bonchev–Trinajstić information content (AvgIpc) is 2.56. The van der Waals surface area contributed by atoms with Gasteiger partial charge in [0.1, 0.15) is 11.4 Å². The molecule has 1 atom stereocenters. The highest BCUT2D eigenvalue weighted by atomic mass is 32.2. The summed E-state index contributed by atoms with van der Waals surface area (Å²) in [7, 11) is -3.84. The van der Waals surface area contributed by atoms with Crippen molar-refractivity contribution in [2.24, 2.45) is 9.63 Å². The Morgan fingerprint density at radius 1 is 1.13 bits per heavy atom. The maximum absolute atomic E-state index is 12.2. The summed E-state index contributed by atoms with van der Waals surface area (Å²) in [5, 5.41) is 14.7. The standard InChI is InChI=1S/C16H15N3O2S2/c1-13-7-9-15(10-8-13)23(20,21)19-18-16(11-22-12-17)14-5-3-2-4-6-14/h2-10,16H,11H2,1H3. The van der Waals surface area contributed by atoms with Gasteiger partial charge in [-0.3, -0.25) is 0 Å². The van der Waals surface area contributed by atoms with E-state index in [-0.39, 0.29) is 4.90 Å². The zero-order chi connectivity index (χ0) is 16.7. The molecule has 0 amide bonds. The molecule has 2 aromatic carbocycles. The molecule has 0 fully saturated rings. The van der Waals surface area contributed by atoms with Crippen molar-refractivity contribution in [2.45, 2.75) is 17.9 Å². The van der Waals surface area contributed by atoms with Crippen LogP contribution >= 0.6 is 11.8 Å². The van der Waals surface area contributed by atoms with E-state index < -0.39 is 16.1 Å². The van der Waals surface area contributed by atoms with Crippen molar-refractivity contribution in [3.05, 3.63) is 65.7 Å². The van der Waals surface area contributed by atoms with Crippen molar-refractivity contribution >= 4 is 21.8 Å². The number of thioether (sulfide) groups is 1. The number of sulfonamides is 1. The minimum Gasteiger partial charge on any atom is -0.198 e. The van der Waals surface area contributed by atoms with E-state index in [1.807, 2.05) is 42.7 Å². The number of benzene rings is 2. The molecule has 2 aromatic rings. The summed E-state index contributed by atoms with van der Waals surface area (Å²) in [4.78, 5) is 0.103. The smallest absolute Gasteiger partial charge is 0.198 e. The van der Waals surface area contributed by atoms with Crippen molar-refractivity contribution in [1.82, 2.24) is 0 Å². The van der Waals surface area contributed by atoms with Crippen LogP contribution in [0.4, 0.5) is 0 Å². The Hall–Kier alpha value is -2.17. The van der Waals surface area contributed by atoms with Gasteiger partial charge in [-0.25, -0.2) is 0 Å². The fraction of sp³-hybridized carbons (Fsp3) is 0.188. The second-order valence-corrected chi connectivity index (χ2v) is 7.20. The zero-order valence-electron chi connectivity index (χ0n) is 12.5. The summed E-state index contributed by atoms with van der Waals surface area (Å²) in [6.07, 6.45) is 0. The Bertz CT molecular complexity index is 811. The van der Waals surface area contributed by atoms with Crippen LogP contribution in [0.3, 0.4) is 0 Å². The lowest BCUT2D eigenvalue weighted by molar-refractivity contribution is 0.592. The first kappa shape index (κ1) is 17.2. The van der Waals surface area contributed by atoms with Crippen LogP contribution in [-0.2, 0) is 10.0 Å². The normalized spacial score (nSPS) is 12.9. The van der Waals surface area contributed by atoms with Crippen LogP contribution in [-0.4, -0.2) is 14.2 Å². The second kappa shape index (κ2) is 7.90. The van der Waals surface area contributed by atoms with E-state index in [2.05, 4.69) is 9.63 Å². The summed E-state index contributed by atoms with van der Waals surface area (Å²) >= 11 is 1.02. The minimum atomic E-state index is -3.84. The molecular formula is C16H15N3O2S2. The molecule has 0 spiro atoms. The quantitative estimate of drug-likeness (QED) is 0.583. The van der Waals surface area contributed by atoms with E-state index in [0.29, 0.717) is 5.75 Å². The van der Waals surface area contributed by atoms with Crippen LogP contribution in [0.25, 0.3) is 0 Å². The summed E-state index contributed by atoms with van der Waals surface area (Å²) in [6.45, 7) is 1.88. The highest BCUT2D eigenvalue weighted by Crippen LogP contribution is 2.24. The van der Waals surface area contributed by atoms with Gasteiger partial charge in [0.05, 0.1) is 4.90 Å². The Kier molecular flexibility index (Phi) is 5.90. The lowest BCUT2D eigenvalue weighted by Crippen LogP contribution is -2.01. The lowest BCUT2D eigenvalue weighted by Gasteiger charge is -2.09. The van der Waals surface area contributed by atoms with Gasteiger partial charge in [-0.1, -0.05) is 52.5 Å². The molecule has 0 aromatic heterocycles. The summed E-state index contributed by atoms with van der Waals surface area (Å²) < 4.78 is 28.0. The first-order chi connectivity index (χ1) is 11.0. The molecule has 0 aliphatic carbocycles. The monoisotopic (exact) mass is 345 g/mol. The van der Waals surface area contributed by atoms with Crippen LogP contribution < -0.4 is 0 Å². The molecule has 0 aliphatic rings. The van der Waals surface area contributed by atoms with E-state index in [4.69, 9.17) is 5.26 Å². The average molecular weight is 345 g/mol. The Balaban J connectivity index is 2.26. The van der Waals surface area contributed by atoms with Crippen molar-refractivity contribution in [3.63, 3.8) is 0 Å². The fourth-order valence-corrected chi connectivity index (χ4v) is 3.17. The predicted molar refractivity (Wildman–Crippen MR) is 90.5 cm³/mol. The summed E-state index contributed by atoms with van der Waals surface area (Å²) in [6, 6.07) is 15.1. The SMILES string of the molecule is Cc1ccc(S(=O)(=O)N=NC(CSC#N)c2ccccc2)cc1. The van der Waals surface area contributed by atoms with Crippen LogP contribution in [0.15, 0.2) is 69.1 Å². The zero-order valence-corrected chi connectivity index (χ0v) is 14.1. The van der Waals surface area contributed by atoms with Crippen molar-refractivity contribution in [2.75, 3.05) is 5.75 Å². The molecular weight excluding hydrogens is 330 g/mol. The molecule has 5 nitrogen and oxygen atoms in total. The van der Waals surface area contributed by atoms with Crippen molar-refractivity contribution in [3.8, 4) is 5.40 Å². The van der Waals surface area contributed by atoms with Gasteiger partial charge in [0.25, 0.3) is 10.0 Å². The topological polar surface area (TPSA) is 82.7 Å². The molecule has 1 unspecified atom stereocenters. The predicted octanol–water partition coefficient (Wildman–Crippen LogP) is 4.09. The van der Waals surface area contributed by atoms with Gasteiger partial charge in [0.2, 0.25) is 0 Å². The van der Waals surface area contributed by atoms with Gasteiger partial charge in [0, 0.05) is 5.75 Å². The number of nitriles is 1. The Morgan fingerprint density at radius 2 is 1.78 bits per heavy atom. The molecule has 7 heteroatoms. The summed E-state index contributed by atoms with van der Waals surface area (Å²) in [5.74, 6) is 0.341. The van der Waals surface area contributed by atoms with Crippen LogP contribution in [0.2, 0.25) is 0 Å². The van der Waals surface area contributed by atoms with Gasteiger partial charge < -0.3 is 0 Å². The van der Waals surface area contributed by atoms with E-state index >= 15 is 0 Å². The highest BCUT2D eigenvalue weighted by Gasteiger charge is 2.16. The fourth-order valence-electron chi connectivity index (χ4n) is 1.86. The first-order valence-electron chi connectivity index (χ1n) is 6.82. The molecule has 0 aliphatic heterocycles. The molecule has 0 saturated carbocycles. The molecule has 0 radical (unpaired) electrons. The number of aryl methyl sites for hydroxylation is 1. The molecule has 2 rings (SSSR count). The molecule has 23 heavy (non-hydrogen) atoms. The van der Waals surface area contributed by atoms with Gasteiger partial charge in [0.15, 0.2) is 0 Å². The first-order valence-corrected chi connectivity index (χ1v) is 9.25. The van der Waals surface area contributed by atoms with Crippen LogP contribution in [0.5, 0.6) is 0 Å². The Morgan fingerprint density at radius 3 is 2.39 bits per heavy atom. The molecule has 0 bridgehead atoms. The van der Waals surface area contributed by atoms with Crippen LogP contribution in [0.1, 0.15) is 17.2 Å². The third kappa shape index (κ3) is 4.91. The molecule has 0 heterocycles. The minimum absolute atomic E-state index is 0.103. The third-order valence-corrected chi connectivity index (χ3v) is 4.89. The molecule has 0 saturated heterocycles. The number of nitrogens with zero attached hydrogens (tertiary/aromatic N) is 3. The van der Waals surface area contributed by atoms with Gasteiger partial charge in [-0.2, -0.15) is 18.8 Å². The summed E-state index contributed by atoms with van der Waals surface area (Å²) in [5.41, 5.74) is 1.78. The van der Waals surface area contributed by atoms with Crippen molar-refractivity contribution in [1.29, 1.82) is 5.26 Å². The maximum atomic E-state index is 12.2. The van der Waals surface area contributed by atoms with E-state index in [1.54, 1.807) is 12.1 Å². The van der Waals surface area contributed by atoms with Gasteiger partial charge in [-0.15, -0.1) is 0 Å². The van der Waals surface area contributed by atoms with Gasteiger partial charge in [-0.05, 0) is 36.4 Å². The third-order valence-electron chi connectivity index (χ3n) is 3.10. The number of hydrogen-bond donors (Lipinski definition) is 0. The van der Waals surface area contributed by atoms with E-state index in [0.717, 1.165) is 22.9 Å². The molecule has 0 N–H and O–H groups in total. The van der Waals surface area contributed by atoms with Gasteiger partial charge >= 0.3 is 0 Å². The Labute approximate surface area is 140 Å². The molecule has 118 valence electrons. The highest BCUT2D eigenvalue weighted by molar-refractivity contribution is 8.03. The van der Waals surface area contributed by atoms with Crippen LogP contribution in [0, 0.1) is 17.6 Å². The van der Waals surface area contributed by atoms with Crippen molar-refractivity contribution < 1.29 is 8.42 Å². The number of rotatable bonds is 6. The van der Waals surface area contributed by atoms with E-state index in [1.165, 1.54) is 12.1 Å². The number of hydrogen-bond acceptors (Lipinski definition) is 5. The maximum Gasteiger partial charge on any atom is 0.299 e. The van der Waals surface area contributed by atoms with E-state index in [9.17, 15) is 8.42 Å². The largest absolute Gasteiger partial charge is 0.299 e. The lowest BCUT2D eigenvalue weighted by atomic mass is 10.1.